The van der Waals surface area contributed by atoms with E-state index in [-0.39, 0.29) is 11.2 Å². The lowest BCUT2D eigenvalue weighted by molar-refractivity contribution is 0.330. The highest BCUT2D eigenvalue weighted by Gasteiger charge is 2.19. The Morgan fingerprint density at radius 3 is 2.68 bits per heavy atom. The van der Waals surface area contributed by atoms with E-state index in [1.807, 2.05) is 38.1 Å². The Balaban J connectivity index is 2.39. The van der Waals surface area contributed by atoms with Crippen molar-refractivity contribution in [3.8, 4) is 17.1 Å². The van der Waals surface area contributed by atoms with Gasteiger partial charge >= 0.3 is 0 Å². The maximum Gasteiger partial charge on any atom is 0.235 e. The van der Waals surface area contributed by atoms with Crippen molar-refractivity contribution in [2.45, 2.75) is 13.8 Å². The smallest absolute Gasteiger partial charge is 0.235 e. The number of halogens is 1. The Hall–Kier alpha value is -2.26. The fraction of sp³-hybridized carbons (Fsp3) is 0.167. The van der Waals surface area contributed by atoms with Gasteiger partial charge in [0.1, 0.15) is 5.58 Å². The van der Waals surface area contributed by atoms with Crippen molar-refractivity contribution in [2.24, 2.45) is 0 Å². The fourth-order valence-corrected chi connectivity index (χ4v) is 2.61. The van der Waals surface area contributed by atoms with Crippen LogP contribution in [0.1, 0.15) is 12.5 Å². The summed E-state index contributed by atoms with van der Waals surface area (Å²) in [5.41, 5.74) is 1.98. The van der Waals surface area contributed by atoms with Crippen LogP contribution in [0.5, 0.6) is 5.75 Å². The van der Waals surface area contributed by atoms with Crippen molar-refractivity contribution in [3.63, 3.8) is 0 Å². The lowest BCUT2D eigenvalue weighted by Gasteiger charge is -2.11. The quantitative estimate of drug-likeness (QED) is 0.695. The highest BCUT2D eigenvalue weighted by atomic mass is 35.5. The third-order valence-corrected chi connectivity index (χ3v) is 3.74. The van der Waals surface area contributed by atoms with E-state index < -0.39 is 0 Å². The second-order valence-corrected chi connectivity index (χ2v) is 5.41. The van der Waals surface area contributed by atoms with Gasteiger partial charge in [-0.1, -0.05) is 35.4 Å². The lowest BCUT2D eigenvalue weighted by Crippen LogP contribution is -2.10. The molecule has 0 aliphatic rings. The van der Waals surface area contributed by atoms with Crippen LogP contribution >= 0.6 is 11.6 Å². The molecule has 4 heteroatoms. The highest BCUT2D eigenvalue weighted by Crippen LogP contribution is 2.35. The number of benzene rings is 2. The van der Waals surface area contributed by atoms with Crippen molar-refractivity contribution in [1.29, 1.82) is 0 Å². The molecule has 112 valence electrons. The van der Waals surface area contributed by atoms with Gasteiger partial charge in [-0.25, -0.2) is 0 Å². The van der Waals surface area contributed by atoms with Gasteiger partial charge in [0.2, 0.25) is 11.2 Å². The number of rotatable bonds is 3. The van der Waals surface area contributed by atoms with E-state index >= 15 is 0 Å². The number of fused-ring (bicyclic) bond motifs is 1. The Bertz CT molecular complexity index is 896. The van der Waals surface area contributed by atoms with Gasteiger partial charge in [-0.05, 0) is 38.1 Å². The molecule has 3 nitrogen and oxygen atoms in total. The number of hydrogen-bond acceptors (Lipinski definition) is 3. The van der Waals surface area contributed by atoms with Gasteiger partial charge in [0.15, 0.2) is 5.76 Å². The van der Waals surface area contributed by atoms with Gasteiger partial charge < -0.3 is 9.15 Å². The maximum atomic E-state index is 12.7. The van der Waals surface area contributed by atoms with Gasteiger partial charge in [-0.3, -0.25) is 4.79 Å². The van der Waals surface area contributed by atoms with E-state index in [9.17, 15) is 4.79 Å². The van der Waals surface area contributed by atoms with Gasteiger partial charge in [-0.2, -0.15) is 0 Å². The molecule has 22 heavy (non-hydrogen) atoms. The molecule has 2 aromatic carbocycles. The fourth-order valence-electron chi connectivity index (χ4n) is 2.39. The standard InChI is InChI=1S/C18H15ClO3/c1-3-21-18-16(20)13-10-11(2)8-9-15(13)22-17(18)12-6-4-5-7-14(12)19/h4-10H,3H2,1-2H3. The second-order valence-electron chi connectivity index (χ2n) is 5.00. The van der Waals surface area contributed by atoms with Crippen molar-refractivity contribution >= 4 is 22.6 Å². The summed E-state index contributed by atoms with van der Waals surface area (Å²) in [5.74, 6) is 0.572. The van der Waals surface area contributed by atoms with Crippen molar-refractivity contribution in [1.82, 2.24) is 0 Å². The summed E-state index contributed by atoms with van der Waals surface area (Å²) in [6.45, 7) is 4.14. The maximum absolute atomic E-state index is 12.7. The summed E-state index contributed by atoms with van der Waals surface area (Å²) < 4.78 is 11.5. The molecule has 1 aromatic heterocycles. The minimum Gasteiger partial charge on any atom is -0.487 e. The van der Waals surface area contributed by atoms with Crippen LogP contribution in [0, 0.1) is 6.92 Å². The Labute approximate surface area is 133 Å². The van der Waals surface area contributed by atoms with Crippen LogP contribution < -0.4 is 10.2 Å². The third-order valence-electron chi connectivity index (χ3n) is 3.41. The first-order chi connectivity index (χ1) is 10.6. The van der Waals surface area contributed by atoms with Gasteiger partial charge in [-0.15, -0.1) is 0 Å². The molecule has 0 bridgehead atoms. The van der Waals surface area contributed by atoms with Crippen LogP contribution in [0.2, 0.25) is 5.02 Å². The molecule has 0 unspecified atom stereocenters. The first-order valence-corrected chi connectivity index (χ1v) is 7.44. The molecule has 0 aliphatic carbocycles. The molecule has 0 aliphatic heterocycles. The average molecular weight is 315 g/mol. The minimum absolute atomic E-state index is 0.179. The molecule has 0 saturated carbocycles. The SMILES string of the molecule is CCOc1c(-c2ccccc2Cl)oc2ccc(C)cc2c1=O. The van der Waals surface area contributed by atoms with E-state index in [1.54, 1.807) is 18.2 Å². The van der Waals surface area contributed by atoms with E-state index in [0.29, 0.717) is 33.9 Å². The lowest BCUT2D eigenvalue weighted by atomic mass is 10.1. The van der Waals surface area contributed by atoms with Gasteiger partial charge in [0.25, 0.3) is 0 Å². The summed E-state index contributed by atoms with van der Waals surface area (Å²) in [7, 11) is 0. The zero-order valence-corrected chi connectivity index (χ0v) is 13.1. The van der Waals surface area contributed by atoms with E-state index in [4.69, 9.17) is 20.8 Å². The van der Waals surface area contributed by atoms with Crippen molar-refractivity contribution < 1.29 is 9.15 Å². The molecular weight excluding hydrogens is 300 g/mol. The topological polar surface area (TPSA) is 39.4 Å². The first kappa shape index (κ1) is 14.7. The second kappa shape index (κ2) is 5.85. The summed E-state index contributed by atoms with van der Waals surface area (Å²) in [6.07, 6.45) is 0. The molecule has 3 aromatic rings. The number of hydrogen-bond donors (Lipinski definition) is 0. The molecule has 0 amide bonds. The van der Waals surface area contributed by atoms with E-state index in [0.717, 1.165) is 5.56 Å². The van der Waals surface area contributed by atoms with Crippen LogP contribution in [0.15, 0.2) is 51.7 Å². The summed E-state index contributed by atoms with van der Waals surface area (Å²) in [6, 6.07) is 12.7. The molecule has 0 spiro atoms. The Morgan fingerprint density at radius 2 is 1.95 bits per heavy atom. The summed E-state index contributed by atoms with van der Waals surface area (Å²) in [4.78, 5) is 12.7. The van der Waals surface area contributed by atoms with Crippen molar-refractivity contribution in [2.75, 3.05) is 6.61 Å². The molecular formula is C18H15ClO3. The third kappa shape index (κ3) is 2.48. The van der Waals surface area contributed by atoms with Crippen molar-refractivity contribution in [3.05, 3.63) is 63.3 Å². The average Bonchev–Trinajstić information content (AvgIpc) is 2.51. The van der Waals surface area contributed by atoms with Gasteiger partial charge in [0.05, 0.1) is 17.0 Å². The molecule has 0 atom stereocenters. The zero-order chi connectivity index (χ0) is 15.7. The number of ether oxygens (including phenoxy) is 1. The molecule has 3 rings (SSSR count). The molecule has 0 N–H and O–H groups in total. The Kier molecular flexibility index (Phi) is 3.90. The molecule has 0 saturated heterocycles. The van der Waals surface area contributed by atoms with E-state index in [2.05, 4.69) is 0 Å². The van der Waals surface area contributed by atoms with Crippen LogP contribution in [0.25, 0.3) is 22.3 Å². The normalized spacial score (nSPS) is 10.9. The highest BCUT2D eigenvalue weighted by molar-refractivity contribution is 6.33. The predicted octanol–water partition coefficient (Wildman–Crippen LogP) is 4.82. The largest absolute Gasteiger partial charge is 0.487 e. The minimum atomic E-state index is -0.179. The van der Waals surface area contributed by atoms with E-state index in [1.165, 1.54) is 0 Å². The van der Waals surface area contributed by atoms with Crippen LogP contribution in [0.4, 0.5) is 0 Å². The van der Waals surface area contributed by atoms with Crippen LogP contribution in [-0.4, -0.2) is 6.61 Å². The van der Waals surface area contributed by atoms with Crippen LogP contribution in [0.3, 0.4) is 0 Å². The molecule has 1 heterocycles. The monoisotopic (exact) mass is 314 g/mol. The van der Waals surface area contributed by atoms with Gasteiger partial charge in [0, 0.05) is 5.56 Å². The summed E-state index contributed by atoms with van der Waals surface area (Å²) in [5, 5.41) is 1.03. The molecule has 0 fully saturated rings. The molecule has 0 radical (unpaired) electrons. The van der Waals surface area contributed by atoms with Crippen LogP contribution in [-0.2, 0) is 0 Å². The first-order valence-electron chi connectivity index (χ1n) is 7.07. The predicted molar refractivity (Wildman–Crippen MR) is 88.8 cm³/mol. The summed E-state index contributed by atoms with van der Waals surface area (Å²) >= 11 is 6.24. The number of aryl methyl sites for hydroxylation is 1. The zero-order valence-electron chi connectivity index (χ0n) is 12.4. The Morgan fingerprint density at radius 1 is 1.18 bits per heavy atom.